The van der Waals surface area contributed by atoms with E-state index in [0.717, 1.165) is 20.8 Å². The van der Waals surface area contributed by atoms with Crippen LogP contribution in [0.25, 0.3) is 0 Å². The number of hydrogen-bond donors (Lipinski definition) is 1. The number of nitrogens with one attached hydrogen (secondary N) is 1. The van der Waals surface area contributed by atoms with Crippen molar-refractivity contribution in [1.82, 2.24) is 0 Å². The lowest BCUT2D eigenvalue weighted by Crippen LogP contribution is -2.38. The molecule has 1 N–H and O–H groups in total. The monoisotopic (exact) mass is 456 g/mol. The summed E-state index contributed by atoms with van der Waals surface area (Å²) in [5.41, 5.74) is 1.43. The molecule has 0 bridgehead atoms. The Hall–Kier alpha value is -2.51. The van der Waals surface area contributed by atoms with Crippen molar-refractivity contribution in [2.45, 2.75) is 16.6 Å². The van der Waals surface area contributed by atoms with Crippen LogP contribution in [0.15, 0.2) is 80.7 Å². The number of carbonyl (C=O) groups is 2. The van der Waals surface area contributed by atoms with Crippen LogP contribution < -0.4 is 10.2 Å². The lowest BCUT2D eigenvalue weighted by molar-refractivity contribution is -0.121. The maximum atomic E-state index is 13.0. The first kappa shape index (κ1) is 18.8. The number of para-hydroxylation sites is 1. The topological polar surface area (TPSA) is 62.6 Å². The molecule has 0 radical (unpaired) electrons. The highest BCUT2D eigenvalue weighted by Crippen LogP contribution is 2.45. The molecule has 0 saturated carbocycles. The number of furan rings is 1. The Morgan fingerprint density at radius 2 is 1.93 bits per heavy atom. The van der Waals surface area contributed by atoms with Crippen molar-refractivity contribution >= 4 is 50.9 Å². The Labute approximate surface area is 175 Å². The summed E-state index contributed by atoms with van der Waals surface area (Å²) in [6.07, 6.45) is 1.87. The Balaban J connectivity index is 1.56. The number of benzene rings is 2. The first-order valence-electron chi connectivity index (χ1n) is 8.75. The molecule has 5 nitrogen and oxygen atoms in total. The maximum Gasteiger partial charge on any atom is 0.244 e. The van der Waals surface area contributed by atoms with Crippen LogP contribution in [0.5, 0.6) is 0 Å². The summed E-state index contributed by atoms with van der Waals surface area (Å²) in [4.78, 5) is 28.1. The Morgan fingerprint density at radius 1 is 1.14 bits per heavy atom. The highest BCUT2D eigenvalue weighted by Gasteiger charge is 2.31. The van der Waals surface area contributed by atoms with Crippen LogP contribution in [0.2, 0.25) is 0 Å². The molecule has 2 heterocycles. The van der Waals surface area contributed by atoms with Gasteiger partial charge in [0.05, 0.1) is 17.2 Å². The molecule has 2 amide bonds. The van der Waals surface area contributed by atoms with E-state index in [4.69, 9.17) is 4.42 Å². The molecule has 3 aromatic rings. The molecule has 0 aliphatic carbocycles. The molecule has 2 aromatic carbocycles. The fourth-order valence-corrected chi connectivity index (χ4v) is 4.56. The molecular weight excluding hydrogens is 440 g/mol. The van der Waals surface area contributed by atoms with Crippen molar-refractivity contribution in [2.75, 3.05) is 16.8 Å². The smallest absolute Gasteiger partial charge is 0.244 e. The van der Waals surface area contributed by atoms with E-state index >= 15 is 0 Å². The number of carbonyl (C=O) groups excluding carboxylic acids is 2. The van der Waals surface area contributed by atoms with Gasteiger partial charge in [-0.1, -0.05) is 28.1 Å². The summed E-state index contributed by atoms with van der Waals surface area (Å²) in [6.45, 7) is -0.0443. The quantitative estimate of drug-likeness (QED) is 0.581. The first-order valence-corrected chi connectivity index (χ1v) is 10.4. The SMILES string of the molecule is O=C(CN1C(=O)C[C@@H](c2ccco2)Sc2ccccc21)Nc1ccc(Br)cc1. The van der Waals surface area contributed by atoms with Crippen LogP contribution >= 0.6 is 27.7 Å². The number of thioether (sulfide) groups is 1. The molecular formula is C21H17BrN2O3S. The van der Waals surface area contributed by atoms with Gasteiger partial charge in [0.25, 0.3) is 0 Å². The van der Waals surface area contributed by atoms with E-state index in [1.54, 1.807) is 22.9 Å². The number of nitrogens with zero attached hydrogens (tertiary/aromatic N) is 1. The van der Waals surface area contributed by atoms with E-state index in [9.17, 15) is 9.59 Å². The van der Waals surface area contributed by atoms with Gasteiger partial charge in [-0.3, -0.25) is 9.59 Å². The maximum absolute atomic E-state index is 13.0. The van der Waals surface area contributed by atoms with Crippen LogP contribution in [-0.4, -0.2) is 18.4 Å². The van der Waals surface area contributed by atoms with E-state index < -0.39 is 0 Å². The fourth-order valence-electron chi connectivity index (χ4n) is 3.06. The molecule has 0 saturated heterocycles. The summed E-state index contributed by atoms with van der Waals surface area (Å²) in [5, 5.41) is 2.73. The van der Waals surface area contributed by atoms with Crippen molar-refractivity contribution in [1.29, 1.82) is 0 Å². The van der Waals surface area contributed by atoms with Crippen molar-refractivity contribution in [3.05, 3.63) is 77.2 Å². The van der Waals surface area contributed by atoms with Gasteiger partial charge in [-0.05, 0) is 48.5 Å². The molecule has 1 aliphatic heterocycles. The van der Waals surface area contributed by atoms with Gasteiger partial charge in [-0.15, -0.1) is 11.8 Å². The zero-order valence-electron chi connectivity index (χ0n) is 14.8. The molecule has 1 aliphatic rings. The second-order valence-electron chi connectivity index (χ2n) is 6.33. The van der Waals surface area contributed by atoms with Gasteiger partial charge in [0.15, 0.2) is 0 Å². The minimum atomic E-state index is -0.244. The standard InChI is InChI=1S/C21H17BrN2O3S/c22-14-7-9-15(10-8-14)23-20(25)13-24-16-4-1-2-6-18(16)28-19(12-21(24)26)17-5-3-11-27-17/h1-11,19H,12-13H2,(H,23,25)/t19-/m0/s1. The third kappa shape index (κ3) is 4.15. The van der Waals surface area contributed by atoms with E-state index in [2.05, 4.69) is 21.2 Å². The van der Waals surface area contributed by atoms with Gasteiger partial charge >= 0.3 is 0 Å². The summed E-state index contributed by atoms with van der Waals surface area (Å²) < 4.78 is 6.46. The Bertz CT molecular complexity index is 989. The van der Waals surface area contributed by atoms with E-state index in [0.29, 0.717) is 5.69 Å². The third-order valence-corrected chi connectivity index (χ3v) is 6.19. The number of amides is 2. The number of fused-ring (bicyclic) bond motifs is 1. The lowest BCUT2D eigenvalue weighted by Gasteiger charge is -2.22. The Kier molecular flexibility index (Phi) is 5.54. The zero-order valence-corrected chi connectivity index (χ0v) is 17.2. The van der Waals surface area contributed by atoms with Gasteiger partial charge in [-0.25, -0.2) is 0 Å². The Morgan fingerprint density at radius 3 is 2.68 bits per heavy atom. The van der Waals surface area contributed by atoms with Crippen LogP contribution in [0.4, 0.5) is 11.4 Å². The van der Waals surface area contributed by atoms with Crippen LogP contribution in [-0.2, 0) is 9.59 Å². The average molecular weight is 457 g/mol. The van der Waals surface area contributed by atoms with Crippen molar-refractivity contribution in [2.24, 2.45) is 0 Å². The van der Waals surface area contributed by atoms with Crippen LogP contribution in [0.3, 0.4) is 0 Å². The second-order valence-corrected chi connectivity index (χ2v) is 8.49. The normalized spacial score (nSPS) is 16.4. The van der Waals surface area contributed by atoms with Crippen molar-refractivity contribution < 1.29 is 14.0 Å². The van der Waals surface area contributed by atoms with Gasteiger partial charge in [0.1, 0.15) is 12.3 Å². The number of anilines is 2. The lowest BCUT2D eigenvalue weighted by atomic mass is 10.2. The van der Waals surface area contributed by atoms with Crippen molar-refractivity contribution in [3.63, 3.8) is 0 Å². The molecule has 0 unspecified atom stereocenters. The molecule has 7 heteroatoms. The molecule has 1 atom stereocenters. The van der Waals surface area contributed by atoms with Crippen LogP contribution in [0, 0.1) is 0 Å². The number of halogens is 1. The zero-order chi connectivity index (χ0) is 19.5. The molecule has 28 heavy (non-hydrogen) atoms. The minimum absolute atomic E-state index is 0.0443. The van der Waals surface area contributed by atoms with Crippen LogP contribution in [0.1, 0.15) is 17.4 Å². The van der Waals surface area contributed by atoms with Gasteiger partial charge < -0.3 is 14.6 Å². The van der Waals surface area contributed by atoms with Gasteiger partial charge in [0.2, 0.25) is 11.8 Å². The minimum Gasteiger partial charge on any atom is -0.468 e. The number of rotatable bonds is 4. The summed E-state index contributed by atoms with van der Waals surface area (Å²) in [6, 6.07) is 18.7. The molecule has 142 valence electrons. The third-order valence-electron chi connectivity index (χ3n) is 4.38. The molecule has 0 fully saturated rings. The van der Waals surface area contributed by atoms with Crippen molar-refractivity contribution in [3.8, 4) is 0 Å². The van der Waals surface area contributed by atoms with Gasteiger partial charge in [0, 0.05) is 21.5 Å². The van der Waals surface area contributed by atoms with Gasteiger partial charge in [-0.2, -0.15) is 0 Å². The summed E-state index contributed by atoms with van der Waals surface area (Å²) in [7, 11) is 0. The fraction of sp³-hybridized carbons (Fsp3) is 0.143. The first-order chi connectivity index (χ1) is 13.6. The second kappa shape index (κ2) is 8.24. The van der Waals surface area contributed by atoms with E-state index in [1.165, 1.54) is 0 Å². The predicted octanol–water partition coefficient (Wildman–Crippen LogP) is 5.25. The van der Waals surface area contributed by atoms with E-state index in [-0.39, 0.29) is 30.0 Å². The average Bonchev–Trinajstić information content (AvgIpc) is 3.18. The molecule has 0 spiro atoms. The molecule has 1 aromatic heterocycles. The highest BCUT2D eigenvalue weighted by atomic mass is 79.9. The largest absolute Gasteiger partial charge is 0.468 e. The predicted molar refractivity (Wildman–Crippen MR) is 113 cm³/mol. The summed E-state index contributed by atoms with van der Waals surface area (Å²) >= 11 is 4.95. The van der Waals surface area contributed by atoms with E-state index in [1.807, 2.05) is 60.7 Å². The highest BCUT2D eigenvalue weighted by molar-refractivity contribution is 9.10. The molecule has 4 rings (SSSR count). The number of hydrogen-bond acceptors (Lipinski definition) is 4. The summed E-state index contributed by atoms with van der Waals surface area (Å²) in [5.74, 6) is 0.408.